The van der Waals surface area contributed by atoms with Gasteiger partial charge in [-0.3, -0.25) is 0 Å². The van der Waals surface area contributed by atoms with Gasteiger partial charge in [0.15, 0.2) is 0 Å². The summed E-state index contributed by atoms with van der Waals surface area (Å²) in [5, 5.41) is 6.33. The normalized spacial score (nSPS) is 10.1. The highest BCUT2D eigenvalue weighted by molar-refractivity contribution is 5.39. The molecule has 0 radical (unpaired) electrons. The van der Waals surface area contributed by atoms with Gasteiger partial charge >= 0.3 is 0 Å². The molecule has 3 nitrogen and oxygen atoms in total. The van der Waals surface area contributed by atoms with Crippen LogP contribution in [0.2, 0.25) is 0 Å². The number of aromatic nitrogens is 1. The molecule has 0 aliphatic heterocycles. The quantitative estimate of drug-likeness (QED) is 0.736. The third-order valence-electron chi connectivity index (χ3n) is 1.75. The fraction of sp³-hybridized carbons (Fsp3) is 0.500. The van der Waals surface area contributed by atoms with Crippen molar-refractivity contribution >= 4 is 5.82 Å². The molecule has 13 heavy (non-hydrogen) atoms. The van der Waals surface area contributed by atoms with Crippen LogP contribution in [0.25, 0.3) is 0 Å². The lowest BCUT2D eigenvalue weighted by atomic mass is 10.2. The maximum Gasteiger partial charge on any atom is 0.126 e. The molecular weight excluding hydrogens is 162 g/mol. The van der Waals surface area contributed by atoms with Gasteiger partial charge in [-0.25, -0.2) is 4.98 Å². The van der Waals surface area contributed by atoms with E-state index in [1.807, 2.05) is 14.0 Å². The molecule has 1 aromatic rings. The van der Waals surface area contributed by atoms with Crippen LogP contribution >= 0.6 is 0 Å². The van der Waals surface area contributed by atoms with Crippen LogP contribution in [-0.4, -0.2) is 18.6 Å². The smallest absolute Gasteiger partial charge is 0.126 e. The minimum absolute atomic E-state index is 0.891. The summed E-state index contributed by atoms with van der Waals surface area (Å²) in [6.07, 6.45) is 0. The molecule has 0 atom stereocenters. The highest BCUT2D eigenvalue weighted by Gasteiger charge is 1.97. The summed E-state index contributed by atoms with van der Waals surface area (Å²) in [5.41, 5.74) is 2.33. The first-order valence-corrected chi connectivity index (χ1v) is 4.62. The summed E-state index contributed by atoms with van der Waals surface area (Å²) in [4.78, 5) is 4.37. The lowest BCUT2D eigenvalue weighted by Gasteiger charge is -2.06. The number of anilines is 1. The Bertz CT molecular complexity index is 247. The van der Waals surface area contributed by atoms with E-state index in [0.717, 1.165) is 24.6 Å². The summed E-state index contributed by atoms with van der Waals surface area (Å²) in [7, 11) is 1.95. The van der Waals surface area contributed by atoms with Gasteiger partial charge in [0.05, 0.1) is 0 Å². The maximum atomic E-state index is 4.37. The van der Waals surface area contributed by atoms with Crippen LogP contribution < -0.4 is 10.6 Å². The molecule has 0 unspecified atom stereocenters. The van der Waals surface area contributed by atoms with E-state index < -0.39 is 0 Å². The fourth-order valence-electron chi connectivity index (χ4n) is 1.32. The molecule has 0 saturated heterocycles. The summed E-state index contributed by atoms with van der Waals surface area (Å²) in [6.45, 7) is 5.89. The molecule has 0 spiro atoms. The third kappa shape index (κ3) is 3.03. The topological polar surface area (TPSA) is 37.0 Å². The number of nitrogens with one attached hydrogen (secondary N) is 2. The van der Waals surface area contributed by atoms with Crippen molar-refractivity contribution in [2.45, 2.75) is 20.4 Å². The summed E-state index contributed by atoms with van der Waals surface area (Å²) in [5.74, 6) is 0.966. The Morgan fingerprint density at radius 3 is 2.77 bits per heavy atom. The molecule has 0 aliphatic rings. The number of hydrogen-bond donors (Lipinski definition) is 2. The van der Waals surface area contributed by atoms with Gasteiger partial charge in [0.2, 0.25) is 0 Å². The molecule has 0 bridgehead atoms. The Balaban J connectivity index is 2.83. The SMILES string of the molecule is CCNc1cc(CNC)cc(C)n1. The molecule has 0 aromatic carbocycles. The van der Waals surface area contributed by atoms with Gasteiger partial charge in [-0.15, -0.1) is 0 Å². The lowest BCUT2D eigenvalue weighted by Crippen LogP contribution is -2.07. The first kappa shape index (κ1) is 9.99. The summed E-state index contributed by atoms with van der Waals surface area (Å²) < 4.78 is 0. The van der Waals surface area contributed by atoms with E-state index >= 15 is 0 Å². The van der Waals surface area contributed by atoms with Crippen molar-refractivity contribution in [2.24, 2.45) is 0 Å². The second-order valence-corrected chi connectivity index (χ2v) is 3.06. The number of aryl methyl sites for hydroxylation is 1. The lowest BCUT2D eigenvalue weighted by molar-refractivity contribution is 0.814. The largest absolute Gasteiger partial charge is 0.370 e. The molecule has 0 amide bonds. The van der Waals surface area contributed by atoms with Gasteiger partial charge in [0.1, 0.15) is 5.82 Å². The zero-order valence-electron chi connectivity index (χ0n) is 8.52. The van der Waals surface area contributed by atoms with Crippen LogP contribution in [0.4, 0.5) is 5.82 Å². The minimum Gasteiger partial charge on any atom is -0.370 e. The first-order valence-electron chi connectivity index (χ1n) is 4.62. The van der Waals surface area contributed by atoms with E-state index in [1.165, 1.54) is 5.56 Å². The van der Waals surface area contributed by atoms with Gasteiger partial charge in [0, 0.05) is 18.8 Å². The third-order valence-corrected chi connectivity index (χ3v) is 1.75. The molecule has 1 rings (SSSR count). The molecule has 0 fully saturated rings. The van der Waals surface area contributed by atoms with E-state index in [9.17, 15) is 0 Å². The average Bonchev–Trinajstić information content (AvgIpc) is 2.04. The van der Waals surface area contributed by atoms with Crippen LogP contribution in [0, 0.1) is 6.92 Å². The van der Waals surface area contributed by atoms with Gasteiger partial charge in [0.25, 0.3) is 0 Å². The van der Waals surface area contributed by atoms with Gasteiger partial charge in [-0.05, 0) is 38.6 Å². The zero-order chi connectivity index (χ0) is 9.68. The Hall–Kier alpha value is -1.09. The van der Waals surface area contributed by atoms with Gasteiger partial charge in [-0.1, -0.05) is 0 Å². The van der Waals surface area contributed by atoms with Crippen LogP contribution in [-0.2, 0) is 6.54 Å². The number of hydrogen-bond acceptors (Lipinski definition) is 3. The number of rotatable bonds is 4. The second kappa shape index (κ2) is 4.82. The number of pyridine rings is 1. The maximum absolute atomic E-state index is 4.37. The molecular formula is C10H17N3. The van der Waals surface area contributed by atoms with Crippen LogP contribution in [0.15, 0.2) is 12.1 Å². The van der Waals surface area contributed by atoms with Crippen molar-refractivity contribution < 1.29 is 0 Å². The van der Waals surface area contributed by atoms with Crippen molar-refractivity contribution in [1.82, 2.24) is 10.3 Å². The Morgan fingerprint density at radius 2 is 2.15 bits per heavy atom. The van der Waals surface area contributed by atoms with Gasteiger partial charge in [-0.2, -0.15) is 0 Å². The Morgan fingerprint density at radius 1 is 1.38 bits per heavy atom. The fourth-order valence-corrected chi connectivity index (χ4v) is 1.32. The molecule has 1 aromatic heterocycles. The van der Waals surface area contributed by atoms with Crippen molar-refractivity contribution in [3.63, 3.8) is 0 Å². The van der Waals surface area contributed by atoms with E-state index in [0.29, 0.717) is 0 Å². The molecule has 1 heterocycles. The van der Waals surface area contributed by atoms with Crippen LogP contribution in [0.3, 0.4) is 0 Å². The van der Waals surface area contributed by atoms with Crippen molar-refractivity contribution in [1.29, 1.82) is 0 Å². The highest BCUT2D eigenvalue weighted by Crippen LogP contribution is 2.09. The predicted octanol–water partition coefficient (Wildman–Crippen LogP) is 1.54. The molecule has 2 N–H and O–H groups in total. The monoisotopic (exact) mass is 179 g/mol. The summed E-state index contributed by atoms with van der Waals surface area (Å²) in [6, 6.07) is 4.17. The first-order chi connectivity index (χ1) is 6.26. The standard InChI is InChI=1S/C10H17N3/c1-4-12-10-6-9(7-11-3)5-8(2)13-10/h5-6,11H,4,7H2,1-3H3,(H,12,13). The highest BCUT2D eigenvalue weighted by atomic mass is 15.0. The van der Waals surface area contributed by atoms with E-state index in [2.05, 4.69) is 34.7 Å². The second-order valence-electron chi connectivity index (χ2n) is 3.06. The molecule has 0 aliphatic carbocycles. The molecule has 72 valence electrons. The number of nitrogens with zero attached hydrogens (tertiary/aromatic N) is 1. The zero-order valence-corrected chi connectivity index (χ0v) is 8.52. The van der Waals surface area contributed by atoms with Crippen molar-refractivity contribution in [2.75, 3.05) is 18.9 Å². The Kier molecular flexibility index (Phi) is 3.71. The van der Waals surface area contributed by atoms with Crippen LogP contribution in [0.1, 0.15) is 18.2 Å². The molecule has 0 saturated carbocycles. The van der Waals surface area contributed by atoms with Crippen LogP contribution in [0.5, 0.6) is 0 Å². The van der Waals surface area contributed by atoms with Crippen molar-refractivity contribution in [3.05, 3.63) is 23.4 Å². The van der Waals surface area contributed by atoms with Gasteiger partial charge < -0.3 is 10.6 Å². The van der Waals surface area contributed by atoms with Crippen molar-refractivity contribution in [3.8, 4) is 0 Å². The Labute approximate surface area is 79.6 Å². The minimum atomic E-state index is 0.891. The predicted molar refractivity (Wildman–Crippen MR) is 55.9 cm³/mol. The van der Waals surface area contributed by atoms with E-state index in [4.69, 9.17) is 0 Å². The average molecular weight is 179 g/mol. The molecule has 3 heteroatoms. The van der Waals surface area contributed by atoms with E-state index in [-0.39, 0.29) is 0 Å². The summed E-state index contributed by atoms with van der Waals surface area (Å²) >= 11 is 0. The van der Waals surface area contributed by atoms with E-state index in [1.54, 1.807) is 0 Å².